The SMILES string of the molecule is O=C([O-])N1C=C(OS(=O)(=O)C(F)(F)F)CC1. The van der Waals surface area contributed by atoms with E-state index in [0.717, 1.165) is 0 Å². The molecule has 10 heteroatoms. The number of carboxylic acid groups (broad SMARTS) is 1. The molecule has 1 amide bonds. The number of amides is 1. The summed E-state index contributed by atoms with van der Waals surface area (Å²) in [7, 11) is -5.74. The van der Waals surface area contributed by atoms with E-state index in [4.69, 9.17) is 0 Å². The molecule has 6 nitrogen and oxygen atoms in total. The van der Waals surface area contributed by atoms with Crippen molar-refractivity contribution in [2.45, 2.75) is 11.9 Å². The van der Waals surface area contributed by atoms with Crippen LogP contribution in [-0.4, -0.2) is 31.5 Å². The van der Waals surface area contributed by atoms with E-state index < -0.39 is 27.5 Å². The molecule has 1 heterocycles. The van der Waals surface area contributed by atoms with Crippen molar-refractivity contribution in [2.75, 3.05) is 6.54 Å². The molecule has 0 N–H and O–H groups in total. The first kappa shape index (κ1) is 12.6. The van der Waals surface area contributed by atoms with E-state index >= 15 is 0 Å². The van der Waals surface area contributed by atoms with Crippen LogP contribution in [0.5, 0.6) is 0 Å². The zero-order valence-electron chi connectivity index (χ0n) is 7.52. The Labute approximate surface area is 88.0 Å². The highest BCUT2D eigenvalue weighted by atomic mass is 32.2. The first-order chi connectivity index (χ1) is 7.13. The van der Waals surface area contributed by atoms with Crippen molar-refractivity contribution in [3.8, 4) is 0 Å². The lowest BCUT2D eigenvalue weighted by atomic mass is 10.4. The van der Waals surface area contributed by atoms with Gasteiger partial charge < -0.3 is 19.0 Å². The Bertz CT molecular complexity index is 426. The second kappa shape index (κ2) is 3.85. The molecule has 0 aromatic carbocycles. The van der Waals surface area contributed by atoms with Gasteiger partial charge in [0.2, 0.25) is 0 Å². The summed E-state index contributed by atoms with van der Waals surface area (Å²) in [6.45, 7) is -0.203. The number of hydrogen-bond donors (Lipinski definition) is 0. The Morgan fingerprint density at radius 1 is 1.50 bits per heavy atom. The van der Waals surface area contributed by atoms with Gasteiger partial charge in [0, 0.05) is 19.2 Å². The van der Waals surface area contributed by atoms with Gasteiger partial charge >= 0.3 is 15.6 Å². The van der Waals surface area contributed by atoms with Gasteiger partial charge in [-0.3, -0.25) is 0 Å². The summed E-state index contributed by atoms with van der Waals surface area (Å²) in [5.74, 6) is -0.596. The Morgan fingerprint density at radius 3 is 2.44 bits per heavy atom. The third kappa shape index (κ3) is 2.56. The summed E-state index contributed by atoms with van der Waals surface area (Å²) < 4.78 is 60.3. The molecule has 1 aliphatic heterocycles. The quantitative estimate of drug-likeness (QED) is 0.504. The minimum atomic E-state index is -5.74. The monoisotopic (exact) mass is 260 g/mol. The molecule has 0 bridgehead atoms. The van der Waals surface area contributed by atoms with Crippen molar-refractivity contribution in [2.24, 2.45) is 0 Å². The molecular formula is C6H5F3NO5S-. The van der Waals surface area contributed by atoms with Gasteiger partial charge in [-0.25, -0.2) is 0 Å². The van der Waals surface area contributed by atoms with Gasteiger partial charge in [-0.2, -0.15) is 21.6 Å². The van der Waals surface area contributed by atoms with Crippen LogP contribution in [0.4, 0.5) is 18.0 Å². The van der Waals surface area contributed by atoms with Gasteiger partial charge in [-0.1, -0.05) is 0 Å². The molecule has 0 atom stereocenters. The first-order valence-electron chi connectivity index (χ1n) is 3.82. The van der Waals surface area contributed by atoms with Crippen LogP contribution in [-0.2, 0) is 14.3 Å². The molecule has 1 aliphatic rings. The van der Waals surface area contributed by atoms with Gasteiger partial charge in [-0.05, 0) is 0 Å². The van der Waals surface area contributed by atoms with Crippen LogP contribution in [0.1, 0.15) is 6.42 Å². The second-order valence-corrected chi connectivity index (χ2v) is 4.33. The average Bonchev–Trinajstić information content (AvgIpc) is 2.49. The zero-order valence-corrected chi connectivity index (χ0v) is 8.34. The minimum Gasteiger partial charge on any atom is -0.530 e. The molecule has 0 saturated carbocycles. The maximum absolute atomic E-state index is 11.9. The predicted molar refractivity (Wildman–Crippen MR) is 40.9 cm³/mol. The highest BCUT2D eigenvalue weighted by Crippen LogP contribution is 2.28. The zero-order chi connectivity index (χ0) is 12.6. The van der Waals surface area contributed by atoms with Crippen molar-refractivity contribution < 1.29 is 35.7 Å². The molecule has 1 rings (SSSR count). The van der Waals surface area contributed by atoms with Crippen LogP contribution in [0.3, 0.4) is 0 Å². The fourth-order valence-corrected chi connectivity index (χ4v) is 1.43. The Morgan fingerprint density at radius 2 is 2.06 bits per heavy atom. The summed E-state index contributed by atoms with van der Waals surface area (Å²) in [5.41, 5.74) is -5.54. The number of carbonyl (C=O) groups excluding carboxylic acids is 1. The standard InChI is InChI=1S/C6H6F3NO5S/c7-6(8,9)16(13,14)15-4-1-2-10(3-4)5(11)12/h3H,1-2H2,(H,11,12)/p-1. The van der Waals surface area contributed by atoms with Crippen molar-refractivity contribution in [3.63, 3.8) is 0 Å². The van der Waals surface area contributed by atoms with Crippen molar-refractivity contribution in [1.29, 1.82) is 0 Å². The molecule has 0 radical (unpaired) electrons. The van der Waals surface area contributed by atoms with Crippen LogP contribution in [0, 0.1) is 0 Å². The molecule has 0 aromatic heterocycles. The van der Waals surface area contributed by atoms with Gasteiger partial charge in [0.1, 0.15) is 11.9 Å². The Kier molecular flexibility index (Phi) is 3.03. The number of hydrogen-bond acceptors (Lipinski definition) is 5. The van der Waals surface area contributed by atoms with Crippen LogP contribution in [0.2, 0.25) is 0 Å². The topological polar surface area (TPSA) is 86.7 Å². The molecular weight excluding hydrogens is 255 g/mol. The number of alkyl halides is 3. The summed E-state index contributed by atoms with van der Waals surface area (Å²) in [4.78, 5) is 10.8. The Hall–Kier alpha value is -1.45. The molecule has 92 valence electrons. The Balaban J connectivity index is 2.78. The van der Waals surface area contributed by atoms with Crippen LogP contribution in [0.25, 0.3) is 0 Å². The third-order valence-electron chi connectivity index (χ3n) is 1.63. The number of nitrogens with zero attached hydrogens (tertiary/aromatic N) is 1. The highest BCUT2D eigenvalue weighted by Gasteiger charge is 2.49. The molecule has 0 unspecified atom stereocenters. The van der Waals surface area contributed by atoms with Crippen LogP contribution >= 0.6 is 0 Å². The summed E-state index contributed by atoms with van der Waals surface area (Å²) in [6, 6.07) is 0. The van der Waals surface area contributed by atoms with Gasteiger partial charge in [0.05, 0.1) is 0 Å². The summed E-state index contributed by atoms with van der Waals surface area (Å²) in [5, 5.41) is 10.3. The van der Waals surface area contributed by atoms with E-state index in [1.54, 1.807) is 0 Å². The molecule has 0 saturated heterocycles. The lowest BCUT2D eigenvalue weighted by Crippen LogP contribution is -2.36. The lowest BCUT2D eigenvalue weighted by Gasteiger charge is -2.13. The molecule has 0 aromatic rings. The predicted octanol–water partition coefficient (Wildman–Crippen LogP) is -0.257. The van der Waals surface area contributed by atoms with E-state index in [1.165, 1.54) is 0 Å². The third-order valence-corrected chi connectivity index (χ3v) is 2.63. The number of carbonyl (C=O) groups is 1. The largest absolute Gasteiger partial charge is 0.534 e. The molecule has 0 spiro atoms. The first-order valence-corrected chi connectivity index (χ1v) is 5.23. The van der Waals surface area contributed by atoms with E-state index in [9.17, 15) is 31.5 Å². The van der Waals surface area contributed by atoms with Gasteiger partial charge in [-0.15, -0.1) is 0 Å². The van der Waals surface area contributed by atoms with Gasteiger partial charge in [0.25, 0.3) is 0 Å². The van der Waals surface area contributed by atoms with Gasteiger partial charge in [0.15, 0.2) is 0 Å². The number of halogens is 3. The van der Waals surface area contributed by atoms with Crippen LogP contribution < -0.4 is 5.11 Å². The van der Waals surface area contributed by atoms with E-state index in [0.29, 0.717) is 11.1 Å². The van der Waals surface area contributed by atoms with Crippen molar-refractivity contribution in [1.82, 2.24) is 4.90 Å². The fraction of sp³-hybridized carbons (Fsp3) is 0.500. The normalized spacial score (nSPS) is 17.2. The minimum absolute atomic E-state index is 0.203. The average molecular weight is 260 g/mol. The fourth-order valence-electron chi connectivity index (χ4n) is 0.929. The highest BCUT2D eigenvalue weighted by molar-refractivity contribution is 7.87. The van der Waals surface area contributed by atoms with E-state index in [-0.39, 0.29) is 13.0 Å². The van der Waals surface area contributed by atoms with Crippen LogP contribution in [0.15, 0.2) is 12.0 Å². The molecule has 0 fully saturated rings. The van der Waals surface area contributed by atoms with Crippen molar-refractivity contribution >= 4 is 16.2 Å². The summed E-state index contributed by atoms with van der Waals surface area (Å²) >= 11 is 0. The number of rotatable bonds is 2. The lowest BCUT2D eigenvalue weighted by molar-refractivity contribution is -0.261. The summed E-state index contributed by atoms with van der Waals surface area (Å²) in [6.07, 6.45) is -1.27. The second-order valence-electron chi connectivity index (χ2n) is 2.79. The van der Waals surface area contributed by atoms with E-state index in [2.05, 4.69) is 4.18 Å². The van der Waals surface area contributed by atoms with Crippen molar-refractivity contribution in [3.05, 3.63) is 12.0 Å². The van der Waals surface area contributed by atoms with E-state index in [1.807, 2.05) is 0 Å². The molecule has 0 aliphatic carbocycles. The smallest absolute Gasteiger partial charge is 0.530 e. The maximum atomic E-state index is 11.9. The molecule has 16 heavy (non-hydrogen) atoms. The maximum Gasteiger partial charge on any atom is 0.534 e.